The monoisotopic (exact) mass is 582 g/mol. The fourth-order valence-electron chi connectivity index (χ4n) is 4.67. The maximum atomic E-state index is 13.4. The molecule has 41 heavy (non-hydrogen) atoms. The molecule has 2 aromatic rings. The number of hydrogen-bond acceptors (Lipinski definition) is 6. The van der Waals surface area contributed by atoms with Gasteiger partial charge in [-0.1, -0.05) is 65.2 Å². The molecular formula is C29H35ClN6O5. The molecule has 2 unspecified atom stereocenters. The van der Waals surface area contributed by atoms with Gasteiger partial charge in [0.2, 0.25) is 5.91 Å². The van der Waals surface area contributed by atoms with Crippen LogP contribution >= 0.6 is 11.6 Å². The molecule has 218 valence electrons. The molecule has 0 saturated heterocycles. The number of halogens is 1. The number of benzene rings is 2. The number of hydrogen-bond donors (Lipinski definition) is 0. The normalized spacial score (nSPS) is 16.5. The number of esters is 1. The van der Waals surface area contributed by atoms with Crippen LogP contribution in [0.2, 0.25) is 5.02 Å². The largest absolute Gasteiger partial charge is 0.465 e. The third-order valence-electron chi connectivity index (χ3n) is 6.70. The Kier molecular flexibility index (Phi) is 12.6. The average Bonchev–Trinajstić information content (AvgIpc) is 2.97. The number of nitrogens with zero attached hydrogens (tertiary/aromatic N) is 6. The van der Waals surface area contributed by atoms with Crippen molar-refractivity contribution in [2.75, 3.05) is 46.5 Å². The first-order valence-electron chi connectivity index (χ1n) is 13.5. The van der Waals surface area contributed by atoms with Gasteiger partial charge in [0.05, 0.1) is 31.6 Å². The van der Waals surface area contributed by atoms with Crippen molar-refractivity contribution in [2.24, 2.45) is 16.0 Å². The summed E-state index contributed by atoms with van der Waals surface area (Å²) in [7, 11) is 1.74. The second-order valence-electron chi connectivity index (χ2n) is 9.44. The van der Waals surface area contributed by atoms with E-state index in [-0.39, 0.29) is 44.5 Å². The highest BCUT2D eigenvalue weighted by molar-refractivity contribution is 6.31. The van der Waals surface area contributed by atoms with Gasteiger partial charge in [-0.2, -0.15) is 4.99 Å². The van der Waals surface area contributed by atoms with E-state index >= 15 is 0 Å². The summed E-state index contributed by atoms with van der Waals surface area (Å²) >= 11 is 6.58. The highest BCUT2D eigenvalue weighted by atomic mass is 35.5. The van der Waals surface area contributed by atoms with Gasteiger partial charge in [-0.3, -0.25) is 9.59 Å². The fourth-order valence-corrected chi connectivity index (χ4v) is 4.92. The van der Waals surface area contributed by atoms with E-state index in [1.54, 1.807) is 43.1 Å². The SMILES string of the molecule is CCOC(=O)C1C(COCCN=[N+]=[N-])=NC(=O)N(CCCN(C)C(=O)CCc2ccccc2)C1c1ccccc1Cl. The molecule has 0 spiro atoms. The molecule has 1 aliphatic heterocycles. The number of azide groups is 1. The van der Waals surface area contributed by atoms with Gasteiger partial charge in [0, 0.05) is 43.0 Å². The van der Waals surface area contributed by atoms with Crippen LogP contribution in [0.15, 0.2) is 64.7 Å². The van der Waals surface area contributed by atoms with E-state index in [1.165, 1.54) is 4.90 Å². The smallest absolute Gasteiger partial charge is 0.344 e. The lowest BCUT2D eigenvalue weighted by molar-refractivity contribution is -0.147. The molecule has 1 aliphatic rings. The van der Waals surface area contributed by atoms with Gasteiger partial charge in [-0.15, -0.1) is 0 Å². The van der Waals surface area contributed by atoms with Crippen LogP contribution in [0, 0.1) is 5.92 Å². The van der Waals surface area contributed by atoms with Crippen molar-refractivity contribution >= 4 is 35.2 Å². The second-order valence-corrected chi connectivity index (χ2v) is 9.84. The number of aryl methyl sites for hydroxylation is 1. The minimum atomic E-state index is -0.961. The summed E-state index contributed by atoms with van der Waals surface area (Å²) in [4.78, 5) is 49.4. The van der Waals surface area contributed by atoms with E-state index < -0.39 is 24.0 Å². The van der Waals surface area contributed by atoms with Gasteiger partial charge in [-0.05, 0) is 42.5 Å². The highest BCUT2D eigenvalue weighted by Crippen LogP contribution is 2.38. The van der Waals surface area contributed by atoms with Crippen LogP contribution in [0.25, 0.3) is 10.4 Å². The molecule has 0 saturated carbocycles. The lowest BCUT2D eigenvalue weighted by Crippen LogP contribution is -2.49. The molecule has 3 amide bonds. The Labute approximate surface area is 244 Å². The van der Waals surface area contributed by atoms with Crippen molar-refractivity contribution < 1.29 is 23.9 Å². The highest BCUT2D eigenvalue weighted by Gasteiger charge is 2.45. The minimum absolute atomic E-state index is 0.00377. The molecule has 0 N–H and O–H groups in total. The van der Waals surface area contributed by atoms with Crippen molar-refractivity contribution in [3.8, 4) is 0 Å². The number of carbonyl (C=O) groups excluding carboxylic acids is 3. The third kappa shape index (κ3) is 9.04. The van der Waals surface area contributed by atoms with E-state index in [2.05, 4.69) is 15.0 Å². The average molecular weight is 583 g/mol. The summed E-state index contributed by atoms with van der Waals surface area (Å²) in [5, 5.41) is 3.82. The molecule has 0 radical (unpaired) electrons. The summed E-state index contributed by atoms with van der Waals surface area (Å²) in [5.41, 5.74) is 10.4. The van der Waals surface area contributed by atoms with Gasteiger partial charge in [0.15, 0.2) is 0 Å². The second kappa shape index (κ2) is 16.4. The van der Waals surface area contributed by atoms with Gasteiger partial charge in [0.1, 0.15) is 5.92 Å². The molecule has 11 nitrogen and oxygen atoms in total. The topological polar surface area (TPSA) is 137 Å². The van der Waals surface area contributed by atoms with Crippen LogP contribution in [-0.2, 0) is 25.5 Å². The first kappa shape index (κ1) is 31.6. The number of ether oxygens (including phenoxy) is 2. The quantitative estimate of drug-likeness (QED) is 0.0928. The summed E-state index contributed by atoms with van der Waals surface area (Å²) < 4.78 is 11.0. The first-order chi connectivity index (χ1) is 19.9. The standard InChI is InChI=1S/C29H35ClN6O5/c1-3-41-28(38)26-24(20-40-19-16-32-34-31)33-29(39)36(27(26)22-12-7-8-13-23(22)30)18-9-17-35(2)25(37)15-14-21-10-5-4-6-11-21/h4-8,10-13,26-27H,3,9,14-20H2,1-2H3. The van der Waals surface area contributed by atoms with Gasteiger partial charge in [-0.25, -0.2) is 4.79 Å². The van der Waals surface area contributed by atoms with E-state index in [1.807, 2.05) is 30.3 Å². The molecule has 3 rings (SSSR count). The molecule has 2 atom stereocenters. The number of urea groups is 1. The fraction of sp³-hybridized carbons (Fsp3) is 0.448. The molecule has 0 aromatic heterocycles. The van der Waals surface area contributed by atoms with Crippen molar-refractivity contribution in [2.45, 2.75) is 32.2 Å². The van der Waals surface area contributed by atoms with Gasteiger partial charge in [0.25, 0.3) is 0 Å². The summed E-state index contributed by atoms with van der Waals surface area (Å²) in [6.45, 7) is 2.55. The summed E-state index contributed by atoms with van der Waals surface area (Å²) in [6, 6.07) is 15.5. The maximum Gasteiger partial charge on any atom is 0.344 e. The Morgan fingerprint density at radius 1 is 1.17 bits per heavy atom. The zero-order valence-corrected chi connectivity index (χ0v) is 24.1. The molecule has 12 heteroatoms. The minimum Gasteiger partial charge on any atom is -0.465 e. The lowest BCUT2D eigenvalue weighted by Gasteiger charge is -2.39. The van der Waals surface area contributed by atoms with E-state index in [0.717, 1.165) is 5.56 Å². The van der Waals surface area contributed by atoms with Crippen molar-refractivity contribution in [3.05, 3.63) is 81.2 Å². The molecule has 0 aliphatic carbocycles. The summed E-state index contributed by atoms with van der Waals surface area (Å²) in [6.07, 6.45) is 1.49. The van der Waals surface area contributed by atoms with Crippen molar-refractivity contribution in [1.82, 2.24) is 9.80 Å². The van der Waals surface area contributed by atoms with Crippen molar-refractivity contribution in [1.29, 1.82) is 0 Å². The van der Waals surface area contributed by atoms with E-state index in [0.29, 0.717) is 36.4 Å². The number of rotatable bonds is 15. The Bertz CT molecular complexity index is 1270. The maximum absolute atomic E-state index is 13.4. The first-order valence-corrected chi connectivity index (χ1v) is 13.9. The van der Waals surface area contributed by atoms with E-state index in [9.17, 15) is 14.4 Å². The van der Waals surface area contributed by atoms with Crippen LogP contribution in [0.1, 0.15) is 36.9 Å². The van der Waals surface area contributed by atoms with Crippen molar-refractivity contribution in [3.63, 3.8) is 0 Å². The van der Waals surface area contributed by atoms with Gasteiger partial charge >= 0.3 is 12.0 Å². The number of aliphatic imine (C=N–C) groups is 1. The Hall–Kier alpha value is -3.92. The summed E-state index contributed by atoms with van der Waals surface area (Å²) in [5.74, 6) is -1.51. The predicted molar refractivity (Wildman–Crippen MR) is 156 cm³/mol. The Morgan fingerprint density at radius 2 is 1.90 bits per heavy atom. The van der Waals surface area contributed by atoms with Crippen LogP contribution in [0.4, 0.5) is 4.79 Å². The number of amides is 3. The molecule has 0 bridgehead atoms. The van der Waals surface area contributed by atoms with E-state index in [4.69, 9.17) is 26.6 Å². The molecule has 1 heterocycles. The van der Waals surface area contributed by atoms with Crippen LogP contribution in [0.5, 0.6) is 0 Å². The van der Waals surface area contributed by atoms with Crippen LogP contribution in [0.3, 0.4) is 0 Å². The van der Waals surface area contributed by atoms with Crippen LogP contribution in [-0.4, -0.2) is 79.9 Å². The molecule has 2 aromatic carbocycles. The van der Waals surface area contributed by atoms with Crippen LogP contribution < -0.4 is 0 Å². The number of carbonyl (C=O) groups is 3. The third-order valence-corrected chi connectivity index (χ3v) is 7.04. The molecule has 0 fully saturated rings. The molecular weight excluding hydrogens is 548 g/mol. The zero-order valence-electron chi connectivity index (χ0n) is 23.3. The van der Waals surface area contributed by atoms with Gasteiger partial charge < -0.3 is 19.3 Å². The predicted octanol–water partition coefficient (Wildman–Crippen LogP) is 5.25. The Balaban J connectivity index is 1.78. The zero-order chi connectivity index (χ0) is 29.6. The lowest BCUT2D eigenvalue weighted by atomic mass is 9.86. The Morgan fingerprint density at radius 3 is 2.61 bits per heavy atom.